The summed E-state index contributed by atoms with van der Waals surface area (Å²) in [5, 5.41) is 3.30. The summed E-state index contributed by atoms with van der Waals surface area (Å²) in [5.41, 5.74) is 0.00359. The molecule has 2 heterocycles. The van der Waals surface area contributed by atoms with Gasteiger partial charge in [0, 0.05) is 19.0 Å². The van der Waals surface area contributed by atoms with E-state index in [-0.39, 0.29) is 22.7 Å². The Morgan fingerprint density at radius 2 is 1.83 bits per heavy atom. The lowest BCUT2D eigenvalue weighted by molar-refractivity contribution is 0.232. The van der Waals surface area contributed by atoms with Crippen LogP contribution >= 0.6 is 12.4 Å². The van der Waals surface area contributed by atoms with Crippen molar-refractivity contribution < 1.29 is 17.9 Å². The van der Waals surface area contributed by atoms with Gasteiger partial charge in [-0.05, 0) is 43.5 Å². The third-order valence-electron chi connectivity index (χ3n) is 4.53. The second-order valence-corrected chi connectivity index (χ2v) is 8.31. The Hall–Kier alpha value is -1.02. The van der Waals surface area contributed by atoms with Crippen LogP contribution in [0.1, 0.15) is 26.2 Å². The molecular weight excluding hydrogens is 352 g/mol. The number of fused-ring (bicyclic) bond motifs is 1. The summed E-state index contributed by atoms with van der Waals surface area (Å²) in [4.78, 5) is 0.222. The number of hydrogen-bond donors (Lipinski definition) is 2. The van der Waals surface area contributed by atoms with Crippen LogP contribution in [-0.2, 0) is 10.0 Å². The van der Waals surface area contributed by atoms with Crippen LogP contribution < -0.4 is 19.5 Å². The molecule has 0 bridgehead atoms. The van der Waals surface area contributed by atoms with Crippen LogP contribution in [0.15, 0.2) is 23.1 Å². The highest BCUT2D eigenvalue weighted by molar-refractivity contribution is 7.89. The lowest BCUT2D eigenvalue weighted by Gasteiger charge is -2.34. The molecule has 0 radical (unpaired) electrons. The second kappa shape index (κ2) is 7.91. The van der Waals surface area contributed by atoms with Crippen LogP contribution in [0.25, 0.3) is 0 Å². The second-order valence-electron chi connectivity index (χ2n) is 6.54. The zero-order valence-corrected chi connectivity index (χ0v) is 15.5. The molecule has 0 aliphatic carbocycles. The third-order valence-corrected chi connectivity index (χ3v) is 5.93. The zero-order chi connectivity index (χ0) is 16.3. The lowest BCUT2D eigenvalue weighted by Crippen LogP contribution is -2.42. The van der Waals surface area contributed by atoms with Crippen molar-refractivity contribution in [2.24, 2.45) is 5.41 Å². The number of benzene rings is 1. The minimum Gasteiger partial charge on any atom is -0.490 e. The fourth-order valence-corrected chi connectivity index (χ4v) is 4.08. The summed E-state index contributed by atoms with van der Waals surface area (Å²) in [7, 11) is -3.55. The van der Waals surface area contributed by atoms with Gasteiger partial charge in [0.05, 0.1) is 18.1 Å². The van der Waals surface area contributed by atoms with Crippen LogP contribution in [0.5, 0.6) is 11.5 Å². The maximum absolute atomic E-state index is 12.6. The summed E-state index contributed by atoms with van der Waals surface area (Å²) < 4.78 is 39.0. The summed E-state index contributed by atoms with van der Waals surface area (Å²) in [6, 6.07) is 4.79. The van der Waals surface area contributed by atoms with Gasteiger partial charge in [0.2, 0.25) is 10.0 Å². The maximum Gasteiger partial charge on any atom is 0.240 e. The first-order valence-electron chi connectivity index (χ1n) is 8.09. The Kier molecular flexibility index (Phi) is 6.36. The van der Waals surface area contributed by atoms with Gasteiger partial charge >= 0.3 is 0 Å². The van der Waals surface area contributed by atoms with Gasteiger partial charge in [0.25, 0.3) is 0 Å². The number of sulfonamides is 1. The first-order chi connectivity index (χ1) is 11.0. The van der Waals surface area contributed by atoms with Crippen molar-refractivity contribution in [3.63, 3.8) is 0 Å². The molecule has 0 amide bonds. The molecule has 6 nitrogen and oxygen atoms in total. The maximum atomic E-state index is 12.6. The number of rotatable bonds is 4. The lowest BCUT2D eigenvalue weighted by atomic mass is 9.81. The first kappa shape index (κ1) is 19.3. The zero-order valence-electron chi connectivity index (χ0n) is 13.8. The van der Waals surface area contributed by atoms with Crippen molar-refractivity contribution in [2.75, 3.05) is 32.8 Å². The third kappa shape index (κ3) is 4.53. The molecule has 0 aromatic heterocycles. The van der Waals surface area contributed by atoms with E-state index in [1.54, 1.807) is 18.2 Å². The van der Waals surface area contributed by atoms with E-state index in [0.29, 0.717) is 31.3 Å². The van der Waals surface area contributed by atoms with Gasteiger partial charge in [-0.15, -0.1) is 12.4 Å². The van der Waals surface area contributed by atoms with E-state index in [9.17, 15) is 8.42 Å². The molecule has 8 heteroatoms. The number of hydrogen-bond acceptors (Lipinski definition) is 5. The highest BCUT2D eigenvalue weighted by Gasteiger charge is 2.29. The van der Waals surface area contributed by atoms with Gasteiger partial charge in [0.1, 0.15) is 0 Å². The Morgan fingerprint density at radius 1 is 1.17 bits per heavy atom. The first-order valence-corrected chi connectivity index (χ1v) is 9.57. The standard InChI is InChI=1S/C16H24N2O4S.ClH/c1-16(5-7-17-8-6-16)12-18-23(19,20)13-3-4-14-15(11-13)22-10-2-9-21-14;/h3-4,11,17-18H,2,5-10,12H2,1H3;1H. The number of ether oxygens (including phenoxy) is 2. The van der Waals surface area contributed by atoms with Crippen molar-refractivity contribution in [2.45, 2.75) is 31.1 Å². The highest BCUT2D eigenvalue weighted by atomic mass is 35.5. The fourth-order valence-electron chi connectivity index (χ4n) is 2.87. The summed E-state index contributed by atoms with van der Waals surface area (Å²) >= 11 is 0. The molecule has 3 rings (SSSR count). The minimum atomic E-state index is -3.55. The van der Waals surface area contributed by atoms with Gasteiger partial charge in [-0.25, -0.2) is 13.1 Å². The quantitative estimate of drug-likeness (QED) is 0.839. The molecule has 1 aromatic rings. The van der Waals surface area contributed by atoms with E-state index in [4.69, 9.17) is 9.47 Å². The molecular formula is C16H25ClN2O4S. The van der Waals surface area contributed by atoms with Crippen LogP contribution in [0.4, 0.5) is 0 Å². The number of halogens is 1. The van der Waals surface area contributed by atoms with Gasteiger partial charge in [-0.3, -0.25) is 0 Å². The average Bonchev–Trinajstić information content (AvgIpc) is 2.78. The number of nitrogens with one attached hydrogen (secondary N) is 2. The molecule has 0 saturated carbocycles. The summed E-state index contributed by atoms with van der Waals surface area (Å²) in [6.45, 7) is 5.57. The van der Waals surface area contributed by atoms with E-state index in [2.05, 4.69) is 17.0 Å². The Bertz CT molecular complexity index is 660. The predicted octanol–water partition coefficient (Wildman–Crippen LogP) is 1.94. The molecule has 1 fully saturated rings. The molecule has 24 heavy (non-hydrogen) atoms. The Balaban J connectivity index is 0.00000208. The van der Waals surface area contributed by atoms with E-state index in [1.165, 1.54) is 0 Å². The smallest absolute Gasteiger partial charge is 0.240 e. The van der Waals surface area contributed by atoms with E-state index < -0.39 is 10.0 Å². The molecule has 0 spiro atoms. The van der Waals surface area contributed by atoms with Crippen LogP contribution in [0.3, 0.4) is 0 Å². The summed E-state index contributed by atoms with van der Waals surface area (Å²) in [5.74, 6) is 1.10. The fraction of sp³-hybridized carbons (Fsp3) is 0.625. The normalized spacial score (nSPS) is 19.9. The molecule has 0 unspecified atom stereocenters. The largest absolute Gasteiger partial charge is 0.490 e. The average molecular weight is 377 g/mol. The predicted molar refractivity (Wildman–Crippen MR) is 94.7 cm³/mol. The van der Waals surface area contributed by atoms with E-state index >= 15 is 0 Å². The minimum absolute atomic E-state index is 0. The van der Waals surface area contributed by atoms with Crippen molar-refractivity contribution >= 4 is 22.4 Å². The van der Waals surface area contributed by atoms with Crippen LogP contribution in [0.2, 0.25) is 0 Å². The van der Waals surface area contributed by atoms with Crippen LogP contribution in [0, 0.1) is 5.41 Å². The summed E-state index contributed by atoms with van der Waals surface area (Å²) in [6.07, 6.45) is 2.73. The van der Waals surface area contributed by atoms with Crippen molar-refractivity contribution in [1.82, 2.24) is 10.0 Å². The molecule has 1 aromatic carbocycles. The molecule has 136 valence electrons. The monoisotopic (exact) mass is 376 g/mol. The van der Waals surface area contributed by atoms with Crippen molar-refractivity contribution in [3.05, 3.63) is 18.2 Å². The molecule has 2 aliphatic rings. The van der Waals surface area contributed by atoms with Gasteiger partial charge < -0.3 is 14.8 Å². The molecule has 2 aliphatic heterocycles. The van der Waals surface area contributed by atoms with Crippen molar-refractivity contribution in [1.29, 1.82) is 0 Å². The molecule has 1 saturated heterocycles. The van der Waals surface area contributed by atoms with Gasteiger partial charge in [-0.2, -0.15) is 0 Å². The SMILES string of the molecule is CC1(CNS(=O)(=O)c2ccc3c(c2)OCCCO3)CCNCC1.Cl. The molecule has 2 N–H and O–H groups in total. The molecule has 0 atom stereocenters. The van der Waals surface area contributed by atoms with E-state index in [1.807, 2.05) is 0 Å². The van der Waals surface area contributed by atoms with Crippen LogP contribution in [-0.4, -0.2) is 41.3 Å². The van der Waals surface area contributed by atoms with Gasteiger partial charge in [0.15, 0.2) is 11.5 Å². The van der Waals surface area contributed by atoms with E-state index in [0.717, 1.165) is 32.4 Å². The topological polar surface area (TPSA) is 76.7 Å². The Morgan fingerprint density at radius 3 is 2.54 bits per heavy atom. The highest BCUT2D eigenvalue weighted by Crippen LogP contribution is 2.32. The number of piperidine rings is 1. The van der Waals surface area contributed by atoms with Crippen molar-refractivity contribution in [3.8, 4) is 11.5 Å². The Labute approximate surface area is 149 Å². The van der Waals surface area contributed by atoms with Gasteiger partial charge in [-0.1, -0.05) is 6.92 Å².